The zero-order chi connectivity index (χ0) is 11.4. The third-order valence-electron chi connectivity index (χ3n) is 2.97. The van der Waals surface area contributed by atoms with Gasteiger partial charge in [-0.1, -0.05) is 12.1 Å². The minimum Gasteiger partial charge on any atom is -0.497 e. The van der Waals surface area contributed by atoms with Crippen LogP contribution in [0.15, 0.2) is 24.3 Å². The molecule has 0 amide bonds. The lowest BCUT2D eigenvalue weighted by molar-refractivity contribution is -0.120. The highest BCUT2D eigenvalue weighted by Gasteiger charge is 2.29. The van der Waals surface area contributed by atoms with Crippen molar-refractivity contribution in [2.75, 3.05) is 7.11 Å². The molecule has 0 unspecified atom stereocenters. The van der Waals surface area contributed by atoms with Crippen molar-refractivity contribution < 1.29 is 14.3 Å². The second-order valence-corrected chi connectivity index (χ2v) is 4.15. The Morgan fingerprint density at radius 3 is 2.56 bits per heavy atom. The first-order valence-electron chi connectivity index (χ1n) is 5.51. The summed E-state index contributed by atoms with van der Waals surface area (Å²) in [6, 6.07) is 7.84. The van der Waals surface area contributed by atoms with E-state index in [0.717, 1.165) is 30.4 Å². The van der Waals surface area contributed by atoms with Gasteiger partial charge in [-0.15, -0.1) is 0 Å². The molecule has 0 spiro atoms. The van der Waals surface area contributed by atoms with Crippen LogP contribution in [0.5, 0.6) is 5.75 Å². The van der Waals surface area contributed by atoms with E-state index in [1.807, 2.05) is 24.3 Å². The summed E-state index contributed by atoms with van der Waals surface area (Å²) in [5, 5.41) is 0. The Morgan fingerprint density at radius 2 is 2.00 bits per heavy atom. The number of benzene rings is 1. The molecule has 1 aliphatic rings. The van der Waals surface area contributed by atoms with Gasteiger partial charge in [0.1, 0.15) is 12.0 Å². The molecular formula is C13H16O3. The summed E-state index contributed by atoms with van der Waals surface area (Å²) < 4.78 is 10.7. The Morgan fingerprint density at radius 1 is 1.31 bits per heavy atom. The van der Waals surface area contributed by atoms with Crippen LogP contribution in [-0.2, 0) is 16.1 Å². The van der Waals surface area contributed by atoms with Gasteiger partial charge < -0.3 is 14.3 Å². The van der Waals surface area contributed by atoms with Crippen molar-refractivity contribution in [3.05, 3.63) is 29.8 Å². The van der Waals surface area contributed by atoms with E-state index >= 15 is 0 Å². The fraction of sp³-hybridized carbons (Fsp3) is 0.462. The number of hydrogen-bond acceptors (Lipinski definition) is 3. The Labute approximate surface area is 95.4 Å². The fourth-order valence-electron chi connectivity index (χ4n) is 1.79. The van der Waals surface area contributed by atoms with Gasteiger partial charge in [-0.2, -0.15) is 0 Å². The molecule has 0 heterocycles. The van der Waals surface area contributed by atoms with E-state index in [4.69, 9.17) is 9.47 Å². The first-order valence-corrected chi connectivity index (χ1v) is 5.51. The number of rotatable bonds is 5. The van der Waals surface area contributed by atoms with Gasteiger partial charge in [-0.3, -0.25) is 0 Å². The highest BCUT2D eigenvalue weighted by Crippen LogP contribution is 2.28. The zero-order valence-electron chi connectivity index (χ0n) is 9.39. The molecule has 0 bridgehead atoms. The molecule has 0 N–H and O–H groups in total. The largest absolute Gasteiger partial charge is 0.497 e. The Hall–Kier alpha value is -1.35. The smallest absolute Gasteiger partial charge is 0.123 e. The molecule has 0 aliphatic heterocycles. The van der Waals surface area contributed by atoms with E-state index in [-0.39, 0.29) is 12.0 Å². The summed E-state index contributed by atoms with van der Waals surface area (Å²) in [7, 11) is 1.65. The van der Waals surface area contributed by atoms with E-state index in [1.165, 1.54) is 0 Å². The van der Waals surface area contributed by atoms with Crippen molar-refractivity contribution in [3.63, 3.8) is 0 Å². The lowest BCUT2D eigenvalue weighted by Gasteiger charge is -2.31. The Bertz CT molecular complexity index is 339. The molecule has 0 atom stereocenters. The van der Waals surface area contributed by atoms with Crippen LogP contribution in [0.1, 0.15) is 18.4 Å². The zero-order valence-corrected chi connectivity index (χ0v) is 9.39. The summed E-state index contributed by atoms with van der Waals surface area (Å²) >= 11 is 0. The summed E-state index contributed by atoms with van der Waals surface area (Å²) in [6.07, 6.45) is 3.03. The van der Waals surface area contributed by atoms with Crippen molar-refractivity contribution in [1.82, 2.24) is 0 Å². The maximum absolute atomic E-state index is 10.4. The number of hydrogen-bond donors (Lipinski definition) is 0. The molecule has 3 nitrogen and oxygen atoms in total. The van der Waals surface area contributed by atoms with Crippen LogP contribution < -0.4 is 4.74 Å². The van der Waals surface area contributed by atoms with Crippen molar-refractivity contribution in [2.45, 2.75) is 25.6 Å². The van der Waals surface area contributed by atoms with Crippen LogP contribution in [0.25, 0.3) is 0 Å². The topological polar surface area (TPSA) is 35.5 Å². The van der Waals surface area contributed by atoms with Gasteiger partial charge in [-0.25, -0.2) is 0 Å². The van der Waals surface area contributed by atoms with Gasteiger partial charge in [0.15, 0.2) is 0 Å². The summed E-state index contributed by atoms with van der Waals surface area (Å²) in [5.41, 5.74) is 1.13. The van der Waals surface area contributed by atoms with Crippen LogP contribution in [0.3, 0.4) is 0 Å². The summed E-state index contributed by atoms with van der Waals surface area (Å²) in [5.74, 6) is 1.08. The van der Waals surface area contributed by atoms with Crippen LogP contribution in [0, 0.1) is 5.92 Å². The predicted octanol–water partition coefficient (Wildman–Crippen LogP) is 2.19. The van der Waals surface area contributed by atoms with Crippen molar-refractivity contribution in [2.24, 2.45) is 5.92 Å². The summed E-state index contributed by atoms with van der Waals surface area (Å²) in [6.45, 7) is 0.611. The SMILES string of the molecule is COc1ccc(COC2CC(C=O)C2)cc1. The number of carbonyl (C=O) groups is 1. The van der Waals surface area contributed by atoms with Gasteiger partial charge >= 0.3 is 0 Å². The maximum Gasteiger partial charge on any atom is 0.123 e. The number of methoxy groups -OCH3 is 1. The van der Waals surface area contributed by atoms with E-state index < -0.39 is 0 Å². The Balaban J connectivity index is 1.75. The monoisotopic (exact) mass is 220 g/mol. The van der Waals surface area contributed by atoms with Gasteiger partial charge in [0, 0.05) is 5.92 Å². The van der Waals surface area contributed by atoms with Crippen LogP contribution in [0.2, 0.25) is 0 Å². The van der Waals surface area contributed by atoms with Crippen LogP contribution >= 0.6 is 0 Å². The molecule has 1 saturated carbocycles. The van der Waals surface area contributed by atoms with E-state index in [1.54, 1.807) is 7.11 Å². The predicted molar refractivity (Wildman–Crippen MR) is 60.4 cm³/mol. The van der Waals surface area contributed by atoms with Gasteiger partial charge in [-0.05, 0) is 30.5 Å². The minimum absolute atomic E-state index is 0.223. The first-order chi connectivity index (χ1) is 7.81. The molecule has 1 fully saturated rings. The van der Waals surface area contributed by atoms with E-state index in [9.17, 15) is 4.79 Å². The lowest BCUT2D eigenvalue weighted by atomic mass is 9.83. The van der Waals surface area contributed by atoms with Gasteiger partial charge in [0.25, 0.3) is 0 Å². The van der Waals surface area contributed by atoms with Crippen LogP contribution in [-0.4, -0.2) is 19.5 Å². The number of aldehydes is 1. The van der Waals surface area contributed by atoms with E-state index in [2.05, 4.69) is 0 Å². The first kappa shape index (κ1) is 11.1. The maximum atomic E-state index is 10.4. The molecule has 1 aromatic rings. The van der Waals surface area contributed by atoms with Crippen molar-refractivity contribution >= 4 is 6.29 Å². The molecule has 1 aliphatic carbocycles. The van der Waals surface area contributed by atoms with Crippen molar-refractivity contribution in [1.29, 1.82) is 0 Å². The van der Waals surface area contributed by atoms with Crippen molar-refractivity contribution in [3.8, 4) is 5.75 Å². The standard InChI is InChI=1S/C13H16O3/c1-15-12-4-2-10(3-5-12)9-16-13-6-11(7-13)8-14/h2-5,8,11,13H,6-7,9H2,1H3. The third-order valence-corrected chi connectivity index (χ3v) is 2.97. The fourth-order valence-corrected chi connectivity index (χ4v) is 1.79. The van der Waals surface area contributed by atoms with E-state index in [0.29, 0.717) is 6.61 Å². The molecule has 3 heteroatoms. The Kier molecular flexibility index (Phi) is 3.57. The molecule has 2 rings (SSSR count). The molecule has 16 heavy (non-hydrogen) atoms. The normalized spacial score (nSPS) is 23.6. The minimum atomic E-state index is 0.223. The van der Waals surface area contributed by atoms with Crippen LogP contribution in [0.4, 0.5) is 0 Å². The quantitative estimate of drug-likeness (QED) is 0.713. The lowest BCUT2D eigenvalue weighted by Crippen LogP contribution is -2.31. The molecule has 0 aromatic heterocycles. The molecule has 1 aromatic carbocycles. The average molecular weight is 220 g/mol. The highest BCUT2D eigenvalue weighted by atomic mass is 16.5. The number of carbonyl (C=O) groups excluding carboxylic acids is 1. The molecular weight excluding hydrogens is 204 g/mol. The molecule has 86 valence electrons. The number of ether oxygens (including phenoxy) is 2. The second kappa shape index (κ2) is 5.12. The molecule has 0 saturated heterocycles. The average Bonchev–Trinajstić information content (AvgIpc) is 2.28. The third kappa shape index (κ3) is 2.61. The summed E-state index contributed by atoms with van der Waals surface area (Å²) in [4.78, 5) is 10.4. The van der Waals surface area contributed by atoms with Gasteiger partial charge in [0.05, 0.1) is 19.8 Å². The second-order valence-electron chi connectivity index (χ2n) is 4.15. The highest BCUT2D eigenvalue weighted by molar-refractivity contribution is 5.55. The van der Waals surface area contributed by atoms with Gasteiger partial charge in [0.2, 0.25) is 0 Å². The molecule has 0 radical (unpaired) electrons.